The molecule has 1 aliphatic heterocycles. The summed E-state index contributed by atoms with van der Waals surface area (Å²) in [6.45, 7) is 10.4. The van der Waals surface area contributed by atoms with Crippen LogP contribution in [0.25, 0.3) is 0 Å². The molecule has 0 N–H and O–H groups in total. The van der Waals surface area contributed by atoms with Crippen LogP contribution in [0.1, 0.15) is 23.1 Å². The Bertz CT molecular complexity index is 1360. The van der Waals surface area contributed by atoms with Crippen LogP contribution in [0.5, 0.6) is 0 Å². The Morgan fingerprint density at radius 3 is 1.95 bits per heavy atom. The molecule has 6 heteroatoms. The Morgan fingerprint density at radius 2 is 1.49 bits per heavy atom. The third kappa shape index (κ3) is 5.52. The zero-order chi connectivity index (χ0) is 28.8. The molecule has 2 radical (unpaired) electrons. The normalized spacial score (nSPS) is 13.4. The first-order valence-electron chi connectivity index (χ1n) is 14.0. The van der Waals surface area contributed by atoms with Crippen LogP contribution in [0.15, 0.2) is 128 Å². The van der Waals surface area contributed by atoms with Crippen LogP contribution >= 0.6 is 0 Å². The highest BCUT2D eigenvalue weighted by Gasteiger charge is 2.42. The van der Waals surface area contributed by atoms with Crippen molar-refractivity contribution in [3.05, 3.63) is 145 Å². The molecule has 4 aromatic rings. The van der Waals surface area contributed by atoms with Gasteiger partial charge in [0.25, 0.3) is 0 Å². The first-order valence-corrected chi connectivity index (χ1v) is 14.0. The maximum atomic E-state index is 12.8. The molecule has 0 saturated carbocycles. The van der Waals surface area contributed by atoms with E-state index in [1.165, 1.54) is 0 Å². The van der Waals surface area contributed by atoms with E-state index in [2.05, 4.69) is 103 Å². The monoisotopic (exact) mass is 542 g/mol. The Kier molecular flexibility index (Phi) is 8.58. The summed E-state index contributed by atoms with van der Waals surface area (Å²) in [4.78, 5) is 11.4. The van der Waals surface area contributed by atoms with E-state index >= 15 is 0 Å². The van der Waals surface area contributed by atoms with Crippen LogP contribution in [0.2, 0.25) is 0 Å². The van der Waals surface area contributed by atoms with Crippen LogP contribution in [-0.4, -0.2) is 51.1 Å². The predicted molar refractivity (Wildman–Crippen MR) is 170 cm³/mol. The number of aromatic nitrogens is 1. The first-order chi connectivity index (χ1) is 20.0. The lowest BCUT2D eigenvalue weighted by Gasteiger charge is -2.46. The molecule has 1 aliphatic rings. The summed E-state index contributed by atoms with van der Waals surface area (Å²) >= 11 is 0. The van der Waals surface area contributed by atoms with E-state index in [1.807, 2.05) is 29.2 Å². The zero-order valence-electron chi connectivity index (χ0n) is 23.7. The van der Waals surface area contributed by atoms with Gasteiger partial charge in [0.1, 0.15) is 13.4 Å². The van der Waals surface area contributed by atoms with E-state index in [0.717, 1.165) is 47.0 Å². The molecular weight excluding hydrogens is 506 g/mol. The van der Waals surface area contributed by atoms with Crippen molar-refractivity contribution >= 4 is 24.8 Å². The summed E-state index contributed by atoms with van der Waals surface area (Å²) in [6.07, 6.45) is 4.10. The number of alkyl halides is 1. The number of hydrogen-bond acceptors (Lipinski definition) is 4. The van der Waals surface area contributed by atoms with Crippen LogP contribution < -0.4 is 15.3 Å². The second kappa shape index (κ2) is 12.5. The SMILES string of the molecule is [B]c1cnc(N(C)C(c2ccccc2)(c2ccccc2)c2ccccc2)c(N(C=C)CC(=C)N2CC(CCF)C2)c1. The van der Waals surface area contributed by atoms with Gasteiger partial charge >= 0.3 is 0 Å². The van der Waals surface area contributed by atoms with Crippen molar-refractivity contribution < 1.29 is 4.39 Å². The Labute approximate surface area is 244 Å². The predicted octanol–water partition coefficient (Wildman–Crippen LogP) is 6.06. The largest absolute Gasteiger partial charge is 0.373 e. The van der Waals surface area contributed by atoms with Gasteiger partial charge in [-0.1, -0.05) is 110 Å². The van der Waals surface area contributed by atoms with Gasteiger partial charge in [0.2, 0.25) is 0 Å². The maximum Gasteiger partial charge on any atom is 0.153 e. The Hall–Kier alpha value is -4.32. The van der Waals surface area contributed by atoms with Crippen molar-refractivity contribution in [2.24, 2.45) is 5.92 Å². The summed E-state index contributed by atoms with van der Waals surface area (Å²) in [7, 11) is 8.42. The van der Waals surface area contributed by atoms with Gasteiger partial charge in [-0.25, -0.2) is 4.98 Å². The van der Waals surface area contributed by atoms with Crippen molar-refractivity contribution in [1.29, 1.82) is 0 Å². The first kappa shape index (κ1) is 28.2. The summed E-state index contributed by atoms with van der Waals surface area (Å²) < 4.78 is 12.8. The Morgan fingerprint density at radius 1 is 0.976 bits per heavy atom. The number of likely N-dealkylation sites (tertiary alicyclic amines) is 1. The highest BCUT2D eigenvalue weighted by Crippen LogP contribution is 2.45. The molecular formula is C35H36BFN4. The van der Waals surface area contributed by atoms with Crippen LogP contribution in [0.4, 0.5) is 15.9 Å². The standard InChI is InChI=1S/C35H36BFN4/c1-4-40(24-27(2)41-25-28(26-41)20-21-37)33-22-32(36)23-38-34(33)39(3)35(29-14-8-5-9-15-29,30-16-10-6-11-17-30)31-18-12-7-13-19-31/h4-19,22-23,28H,1-2,20-21,24-26H2,3H3. The van der Waals surface area contributed by atoms with Crippen molar-refractivity contribution in [1.82, 2.24) is 9.88 Å². The lowest BCUT2D eigenvalue weighted by Crippen LogP contribution is -2.48. The third-order valence-corrected chi connectivity index (χ3v) is 8.07. The summed E-state index contributed by atoms with van der Waals surface area (Å²) in [5, 5.41) is 0. The molecule has 2 heterocycles. The fraction of sp³-hybridized carbons (Fsp3) is 0.229. The minimum Gasteiger partial charge on any atom is -0.373 e. The van der Waals surface area contributed by atoms with Crippen LogP contribution in [0, 0.1) is 5.92 Å². The molecule has 1 saturated heterocycles. The maximum absolute atomic E-state index is 12.8. The fourth-order valence-corrected chi connectivity index (χ4v) is 5.92. The quantitative estimate of drug-likeness (QED) is 0.160. The average Bonchev–Trinajstić information content (AvgIpc) is 2.99. The molecule has 0 aliphatic carbocycles. The summed E-state index contributed by atoms with van der Waals surface area (Å²) in [5.41, 5.74) is 4.97. The van der Waals surface area contributed by atoms with E-state index in [-0.39, 0.29) is 6.67 Å². The van der Waals surface area contributed by atoms with E-state index in [1.54, 1.807) is 12.4 Å². The van der Waals surface area contributed by atoms with Gasteiger partial charge in [-0.15, -0.1) is 0 Å². The molecule has 41 heavy (non-hydrogen) atoms. The topological polar surface area (TPSA) is 22.6 Å². The molecule has 0 bridgehead atoms. The van der Waals surface area contributed by atoms with Crippen LogP contribution in [-0.2, 0) is 5.54 Å². The molecule has 0 atom stereocenters. The highest BCUT2D eigenvalue weighted by molar-refractivity contribution is 6.32. The number of nitrogens with zero attached hydrogens (tertiary/aromatic N) is 4. The lowest BCUT2D eigenvalue weighted by atomic mass is 9.75. The van der Waals surface area contributed by atoms with Gasteiger partial charge in [0.05, 0.1) is 18.9 Å². The molecule has 0 amide bonds. The van der Waals surface area contributed by atoms with E-state index in [9.17, 15) is 4.39 Å². The third-order valence-electron chi connectivity index (χ3n) is 8.07. The van der Waals surface area contributed by atoms with Crippen molar-refractivity contribution in [3.8, 4) is 0 Å². The number of rotatable bonds is 12. The molecule has 3 aromatic carbocycles. The van der Waals surface area contributed by atoms with E-state index in [4.69, 9.17) is 12.8 Å². The minimum absolute atomic E-state index is 0.277. The molecule has 1 fully saturated rings. The molecule has 1 aromatic heterocycles. The average molecular weight is 543 g/mol. The van der Waals surface area contributed by atoms with Gasteiger partial charge in [-0.2, -0.15) is 0 Å². The van der Waals surface area contributed by atoms with E-state index < -0.39 is 5.54 Å². The van der Waals surface area contributed by atoms with Crippen molar-refractivity contribution in [2.75, 3.05) is 43.2 Å². The summed E-state index contributed by atoms with van der Waals surface area (Å²) in [6, 6.07) is 33.5. The molecule has 206 valence electrons. The molecule has 5 rings (SSSR count). The van der Waals surface area contributed by atoms with Gasteiger partial charge in [-0.3, -0.25) is 4.39 Å². The molecule has 4 nitrogen and oxygen atoms in total. The van der Waals surface area contributed by atoms with Gasteiger partial charge in [0.15, 0.2) is 5.82 Å². The minimum atomic E-state index is -0.706. The van der Waals surface area contributed by atoms with Gasteiger partial charge < -0.3 is 14.7 Å². The highest BCUT2D eigenvalue weighted by atomic mass is 19.1. The van der Waals surface area contributed by atoms with Crippen molar-refractivity contribution in [2.45, 2.75) is 12.0 Å². The Balaban J connectivity index is 1.63. The number of pyridine rings is 1. The lowest BCUT2D eigenvalue weighted by molar-refractivity contribution is 0.126. The smallest absolute Gasteiger partial charge is 0.153 e. The van der Waals surface area contributed by atoms with Crippen molar-refractivity contribution in [3.63, 3.8) is 0 Å². The number of benzene rings is 3. The number of anilines is 2. The number of hydrogen-bond donors (Lipinski definition) is 0. The zero-order valence-corrected chi connectivity index (χ0v) is 23.7. The molecule has 0 spiro atoms. The summed E-state index contributed by atoms with van der Waals surface area (Å²) in [5.74, 6) is 1.13. The number of halogens is 1. The van der Waals surface area contributed by atoms with Gasteiger partial charge in [0, 0.05) is 32.0 Å². The second-order valence-corrected chi connectivity index (χ2v) is 10.6. The molecule has 0 unspecified atom stereocenters. The van der Waals surface area contributed by atoms with E-state index in [0.29, 0.717) is 24.3 Å². The van der Waals surface area contributed by atoms with Gasteiger partial charge in [-0.05, 0) is 41.3 Å². The second-order valence-electron chi connectivity index (χ2n) is 10.6. The van der Waals surface area contributed by atoms with Crippen LogP contribution in [0.3, 0.4) is 0 Å². The fourth-order valence-electron chi connectivity index (χ4n) is 5.92.